The molecule has 0 heterocycles. The van der Waals surface area contributed by atoms with Crippen molar-refractivity contribution in [2.75, 3.05) is 13.7 Å². The van der Waals surface area contributed by atoms with Crippen molar-refractivity contribution in [3.05, 3.63) is 34.9 Å². The number of aliphatic hydroxyl groups excluding tert-OH is 1. The molecule has 0 atom stereocenters. The van der Waals surface area contributed by atoms with Gasteiger partial charge in [0, 0.05) is 11.6 Å². The second-order valence-electron chi connectivity index (χ2n) is 4.18. The Bertz CT molecular complexity index is 558. The maximum atomic E-state index is 11.4. The van der Waals surface area contributed by atoms with E-state index < -0.39 is 11.8 Å². The molecule has 0 spiro atoms. The number of hydrogen-bond acceptors (Lipinski definition) is 5. The highest BCUT2D eigenvalue weighted by molar-refractivity contribution is 6.39. The zero-order valence-corrected chi connectivity index (χ0v) is 12.0. The van der Waals surface area contributed by atoms with Gasteiger partial charge in [-0.25, -0.2) is 4.79 Å². The van der Waals surface area contributed by atoms with Crippen LogP contribution in [0.15, 0.2) is 18.2 Å². The van der Waals surface area contributed by atoms with Gasteiger partial charge in [0.25, 0.3) is 5.78 Å². The van der Waals surface area contributed by atoms with Crippen molar-refractivity contribution in [1.29, 1.82) is 0 Å². The van der Waals surface area contributed by atoms with Crippen molar-refractivity contribution >= 4 is 17.5 Å². The number of esters is 1. The standard InChI is InChI=1S/C15H18O5/c1-5-20-14-7-6-11(9(2)10(14)3)12(16)8-13(17)15(18)19-4/h6-8,16H,5H2,1-4H3/b12-8-. The third kappa shape index (κ3) is 3.38. The maximum Gasteiger partial charge on any atom is 0.378 e. The Morgan fingerprint density at radius 1 is 1.25 bits per heavy atom. The predicted octanol–water partition coefficient (Wildman–Crippen LogP) is 2.34. The van der Waals surface area contributed by atoms with Gasteiger partial charge < -0.3 is 14.6 Å². The van der Waals surface area contributed by atoms with Gasteiger partial charge in [0.15, 0.2) is 0 Å². The fourth-order valence-corrected chi connectivity index (χ4v) is 1.75. The highest BCUT2D eigenvalue weighted by atomic mass is 16.5. The summed E-state index contributed by atoms with van der Waals surface area (Å²) in [6.07, 6.45) is 0.855. The van der Waals surface area contributed by atoms with Gasteiger partial charge in [-0.15, -0.1) is 0 Å². The lowest BCUT2D eigenvalue weighted by Crippen LogP contribution is -2.13. The predicted molar refractivity (Wildman–Crippen MR) is 74.7 cm³/mol. The molecule has 20 heavy (non-hydrogen) atoms. The van der Waals surface area contributed by atoms with Crippen LogP contribution in [0, 0.1) is 13.8 Å². The van der Waals surface area contributed by atoms with Gasteiger partial charge in [-0.05, 0) is 44.0 Å². The SMILES string of the molecule is CCOc1ccc(/C(O)=C/C(=O)C(=O)OC)c(C)c1C. The molecule has 1 aromatic carbocycles. The minimum atomic E-state index is -1.02. The summed E-state index contributed by atoms with van der Waals surface area (Å²) in [5, 5.41) is 9.95. The van der Waals surface area contributed by atoms with Gasteiger partial charge in [-0.1, -0.05) is 0 Å². The van der Waals surface area contributed by atoms with Crippen molar-refractivity contribution in [3.63, 3.8) is 0 Å². The third-order valence-electron chi connectivity index (χ3n) is 2.97. The van der Waals surface area contributed by atoms with Crippen molar-refractivity contribution in [1.82, 2.24) is 0 Å². The molecule has 1 aromatic rings. The van der Waals surface area contributed by atoms with Crippen molar-refractivity contribution < 1.29 is 24.2 Å². The zero-order valence-electron chi connectivity index (χ0n) is 12.0. The summed E-state index contributed by atoms with van der Waals surface area (Å²) in [5.41, 5.74) is 2.13. The number of carbonyl (C=O) groups excluding carboxylic acids is 2. The van der Waals surface area contributed by atoms with Gasteiger partial charge >= 0.3 is 5.97 Å². The van der Waals surface area contributed by atoms with E-state index >= 15 is 0 Å². The number of rotatable bonds is 5. The highest BCUT2D eigenvalue weighted by Crippen LogP contribution is 2.27. The summed E-state index contributed by atoms with van der Waals surface area (Å²) in [6.45, 7) is 6.09. The number of ketones is 1. The van der Waals surface area contributed by atoms with Crippen LogP contribution in [0.1, 0.15) is 23.6 Å². The molecule has 1 rings (SSSR count). The quantitative estimate of drug-likeness (QED) is 0.387. The molecule has 0 amide bonds. The molecule has 0 aliphatic carbocycles. The van der Waals surface area contributed by atoms with Crippen LogP contribution in [-0.4, -0.2) is 30.6 Å². The molecular weight excluding hydrogens is 260 g/mol. The lowest BCUT2D eigenvalue weighted by Gasteiger charge is -2.13. The largest absolute Gasteiger partial charge is 0.507 e. The number of ether oxygens (including phenoxy) is 2. The van der Waals surface area contributed by atoms with Crippen LogP contribution < -0.4 is 4.74 Å². The molecule has 0 unspecified atom stereocenters. The fraction of sp³-hybridized carbons (Fsp3) is 0.333. The number of carbonyl (C=O) groups is 2. The van der Waals surface area contributed by atoms with E-state index in [-0.39, 0.29) is 5.76 Å². The van der Waals surface area contributed by atoms with Crippen LogP contribution in [0.3, 0.4) is 0 Å². The molecule has 0 saturated carbocycles. The van der Waals surface area contributed by atoms with E-state index in [0.29, 0.717) is 12.2 Å². The van der Waals surface area contributed by atoms with Gasteiger partial charge in [0.2, 0.25) is 0 Å². The minimum Gasteiger partial charge on any atom is -0.507 e. The molecule has 108 valence electrons. The van der Waals surface area contributed by atoms with Gasteiger partial charge in [0.05, 0.1) is 13.7 Å². The van der Waals surface area contributed by atoms with Gasteiger partial charge in [0.1, 0.15) is 11.5 Å². The molecule has 0 aliphatic rings. The maximum absolute atomic E-state index is 11.4. The number of methoxy groups -OCH3 is 1. The number of hydrogen-bond donors (Lipinski definition) is 1. The van der Waals surface area contributed by atoms with Gasteiger partial charge in [-0.3, -0.25) is 4.79 Å². The highest BCUT2D eigenvalue weighted by Gasteiger charge is 2.15. The van der Waals surface area contributed by atoms with Crippen LogP contribution in [0.5, 0.6) is 5.75 Å². The third-order valence-corrected chi connectivity index (χ3v) is 2.97. The summed E-state index contributed by atoms with van der Waals surface area (Å²) < 4.78 is 9.74. The molecule has 5 nitrogen and oxygen atoms in total. The monoisotopic (exact) mass is 278 g/mol. The second-order valence-corrected chi connectivity index (χ2v) is 4.18. The van der Waals surface area contributed by atoms with E-state index in [4.69, 9.17) is 4.74 Å². The van der Waals surface area contributed by atoms with Gasteiger partial charge in [-0.2, -0.15) is 0 Å². The molecule has 0 radical (unpaired) electrons. The molecular formula is C15H18O5. The van der Waals surface area contributed by atoms with Crippen LogP contribution >= 0.6 is 0 Å². The van der Waals surface area contributed by atoms with Crippen LogP contribution in [0.2, 0.25) is 0 Å². The first kappa shape index (κ1) is 15.8. The first-order valence-electron chi connectivity index (χ1n) is 6.18. The van der Waals surface area contributed by atoms with Crippen LogP contribution in [0.25, 0.3) is 5.76 Å². The molecule has 0 fully saturated rings. The Morgan fingerprint density at radius 2 is 1.90 bits per heavy atom. The molecule has 1 N–H and O–H groups in total. The Balaban J connectivity index is 3.14. The van der Waals surface area contributed by atoms with E-state index in [1.165, 1.54) is 0 Å². The lowest BCUT2D eigenvalue weighted by molar-refractivity contribution is -0.149. The number of benzene rings is 1. The summed E-state index contributed by atoms with van der Waals surface area (Å²) in [4.78, 5) is 22.4. The summed E-state index contributed by atoms with van der Waals surface area (Å²) in [5.74, 6) is -1.47. The first-order valence-corrected chi connectivity index (χ1v) is 6.18. The average molecular weight is 278 g/mol. The average Bonchev–Trinajstić information content (AvgIpc) is 2.43. The molecule has 0 saturated heterocycles. The Labute approximate surface area is 117 Å². The first-order chi connectivity index (χ1) is 9.42. The molecule has 0 aromatic heterocycles. The summed E-state index contributed by atoms with van der Waals surface area (Å²) in [6, 6.07) is 3.36. The summed E-state index contributed by atoms with van der Waals surface area (Å²) in [7, 11) is 1.11. The minimum absolute atomic E-state index is 0.274. The lowest BCUT2D eigenvalue weighted by atomic mass is 10.0. The Hall–Kier alpha value is -2.30. The summed E-state index contributed by atoms with van der Waals surface area (Å²) >= 11 is 0. The normalized spacial score (nSPS) is 11.1. The Morgan fingerprint density at radius 3 is 2.45 bits per heavy atom. The second kappa shape index (κ2) is 6.75. The van der Waals surface area contributed by atoms with Crippen molar-refractivity contribution in [3.8, 4) is 5.75 Å². The van der Waals surface area contributed by atoms with Crippen LogP contribution in [-0.2, 0) is 14.3 Å². The van der Waals surface area contributed by atoms with E-state index in [9.17, 15) is 14.7 Å². The molecule has 5 heteroatoms. The molecule has 0 bridgehead atoms. The van der Waals surface area contributed by atoms with E-state index in [1.54, 1.807) is 19.1 Å². The van der Waals surface area contributed by atoms with E-state index in [0.717, 1.165) is 30.1 Å². The zero-order chi connectivity index (χ0) is 15.3. The van der Waals surface area contributed by atoms with E-state index in [2.05, 4.69) is 4.74 Å². The van der Waals surface area contributed by atoms with E-state index in [1.807, 2.05) is 13.8 Å². The van der Waals surface area contributed by atoms with Crippen LogP contribution in [0.4, 0.5) is 0 Å². The fourth-order valence-electron chi connectivity index (χ4n) is 1.75. The Kier molecular flexibility index (Phi) is 5.32. The number of aliphatic hydroxyl groups is 1. The topological polar surface area (TPSA) is 72.8 Å². The van der Waals surface area contributed by atoms with Crippen molar-refractivity contribution in [2.24, 2.45) is 0 Å². The smallest absolute Gasteiger partial charge is 0.378 e. The van der Waals surface area contributed by atoms with Crippen molar-refractivity contribution in [2.45, 2.75) is 20.8 Å². The molecule has 0 aliphatic heterocycles.